The van der Waals surface area contributed by atoms with Gasteiger partial charge in [-0.15, -0.1) is 5.10 Å². The van der Waals surface area contributed by atoms with Crippen LogP contribution in [0.4, 0.5) is 11.9 Å². The molecule has 5 nitrogen and oxygen atoms in total. The summed E-state index contributed by atoms with van der Waals surface area (Å²) in [6.45, 7) is 4.94. The van der Waals surface area contributed by atoms with Crippen molar-refractivity contribution in [2.75, 3.05) is 17.6 Å². The molecule has 0 bridgehead atoms. The number of aryl methyl sites for hydroxylation is 1. The molecule has 0 spiro atoms. The maximum absolute atomic E-state index is 5.89. The van der Waals surface area contributed by atoms with Crippen LogP contribution in [0.3, 0.4) is 0 Å². The van der Waals surface area contributed by atoms with Crippen molar-refractivity contribution in [3.8, 4) is 5.69 Å². The van der Waals surface area contributed by atoms with E-state index in [2.05, 4.69) is 38.3 Å². The number of nitrogens with one attached hydrogen (secondary N) is 1. The molecule has 1 aromatic heterocycles. The zero-order chi connectivity index (χ0) is 13.1. The lowest BCUT2D eigenvalue weighted by molar-refractivity contribution is 0.873. The van der Waals surface area contributed by atoms with Crippen molar-refractivity contribution in [3.63, 3.8) is 0 Å². The van der Waals surface area contributed by atoms with Crippen LogP contribution in [-0.4, -0.2) is 21.3 Å². The van der Waals surface area contributed by atoms with Gasteiger partial charge in [-0.3, -0.25) is 0 Å². The smallest absolute Gasteiger partial charge is 0.244 e. The van der Waals surface area contributed by atoms with Crippen molar-refractivity contribution < 1.29 is 0 Å². The number of anilines is 2. The van der Waals surface area contributed by atoms with Crippen LogP contribution in [0.15, 0.2) is 22.7 Å². The number of nitrogens with two attached hydrogens (primary N) is 1. The van der Waals surface area contributed by atoms with Gasteiger partial charge in [0, 0.05) is 11.0 Å². The second-order valence-electron chi connectivity index (χ2n) is 4.06. The number of hydrogen-bond donors (Lipinski definition) is 2. The van der Waals surface area contributed by atoms with Crippen LogP contribution in [0.5, 0.6) is 0 Å². The molecule has 0 radical (unpaired) electrons. The molecule has 6 heteroatoms. The normalized spacial score (nSPS) is 10.6. The zero-order valence-electron chi connectivity index (χ0n) is 10.4. The molecular formula is C12H16BrN5. The molecule has 96 valence electrons. The fourth-order valence-electron chi connectivity index (χ4n) is 1.67. The summed E-state index contributed by atoms with van der Waals surface area (Å²) in [5.41, 5.74) is 7.91. The van der Waals surface area contributed by atoms with Crippen LogP contribution < -0.4 is 11.1 Å². The first-order valence-corrected chi connectivity index (χ1v) is 6.64. The summed E-state index contributed by atoms with van der Waals surface area (Å²) in [4.78, 5) is 4.19. The Labute approximate surface area is 115 Å². The highest BCUT2D eigenvalue weighted by Crippen LogP contribution is 2.21. The first kappa shape index (κ1) is 12.9. The zero-order valence-corrected chi connectivity index (χ0v) is 12.0. The number of hydrogen-bond acceptors (Lipinski definition) is 4. The van der Waals surface area contributed by atoms with E-state index in [0.29, 0.717) is 11.9 Å². The van der Waals surface area contributed by atoms with Crippen molar-refractivity contribution >= 4 is 27.8 Å². The Hall–Kier alpha value is -1.56. The van der Waals surface area contributed by atoms with E-state index in [0.717, 1.165) is 28.7 Å². The summed E-state index contributed by atoms with van der Waals surface area (Å²) in [5, 5.41) is 7.49. The molecule has 0 amide bonds. The Balaban J connectivity index is 2.35. The van der Waals surface area contributed by atoms with Gasteiger partial charge in [-0.05, 0) is 37.1 Å². The standard InChI is InChI=1S/C12H16BrN5/c1-3-6-15-12-16-11(14)18(17-12)10-5-4-9(13)7-8(10)2/h4-5,7H,3,6H2,1-2H3,(H3,14,15,16,17). The molecule has 2 aromatic rings. The number of rotatable bonds is 4. The van der Waals surface area contributed by atoms with Crippen LogP contribution in [0.2, 0.25) is 0 Å². The lowest BCUT2D eigenvalue weighted by atomic mass is 10.2. The molecule has 0 atom stereocenters. The highest BCUT2D eigenvalue weighted by molar-refractivity contribution is 9.10. The summed E-state index contributed by atoms with van der Waals surface area (Å²) >= 11 is 3.44. The van der Waals surface area contributed by atoms with Gasteiger partial charge >= 0.3 is 0 Å². The number of benzene rings is 1. The van der Waals surface area contributed by atoms with Gasteiger partial charge in [0.2, 0.25) is 11.9 Å². The molecule has 1 heterocycles. The lowest BCUT2D eigenvalue weighted by Crippen LogP contribution is -2.05. The average Bonchev–Trinajstić information content (AvgIpc) is 2.68. The Kier molecular flexibility index (Phi) is 3.86. The minimum absolute atomic E-state index is 0.388. The average molecular weight is 310 g/mol. The molecule has 2 rings (SSSR count). The molecule has 0 aliphatic heterocycles. The van der Waals surface area contributed by atoms with E-state index < -0.39 is 0 Å². The van der Waals surface area contributed by atoms with Crippen molar-refractivity contribution in [2.24, 2.45) is 0 Å². The monoisotopic (exact) mass is 309 g/mol. The Morgan fingerprint density at radius 2 is 2.22 bits per heavy atom. The molecule has 3 N–H and O–H groups in total. The maximum Gasteiger partial charge on any atom is 0.244 e. The fraction of sp³-hybridized carbons (Fsp3) is 0.333. The summed E-state index contributed by atoms with van der Waals surface area (Å²) in [6, 6.07) is 5.95. The Bertz CT molecular complexity index is 549. The van der Waals surface area contributed by atoms with Gasteiger partial charge in [-0.2, -0.15) is 9.67 Å². The second kappa shape index (κ2) is 5.39. The van der Waals surface area contributed by atoms with E-state index in [9.17, 15) is 0 Å². The van der Waals surface area contributed by atoms with Gasteiger partial charge < -0.3 is 11.1 Å². The largest absolute Gasteiger partial charge is 0.368 e. The van der Waals surface area contributed by atoms with Gasteiger partial charge in [-0.25, -0.2) is 0 Å². The third-order valence-corrected chi connectivity index (χ3v) is 3.05. The number of aromatic nitrogens is 3. The second-order valence-corrected chi connectivity index (χ2v) is 4.98. The quantitative estimate of drug-likeness (QED) is 0.911. The van der Waals surface area contributed by atoms with Gasteiger partial charge in [0.05, 0.1) is 5.69 Å². The molecule has 0 saturated heterocycles. The van der Waals surface area contributed by atoms with Gasteiger partial charge in [0.15, 0.2) is 0 Å². The molecule has 0 aliphatic rings. The number of nitrogen functional groups attached to an aromatic ring is 1. The number of nitrogens with zero attached hydrogens (tertiary/aromatic N) is 3. The van der Waals surface area contributed by atoms with Crippen LogP contribution in [-0.2, 0) is 0 Å². The van der Waals surface area contributed by atoms with Crippen LogP contribution in [0.25, 0.3) is 5.69 Å². The van der Waals surface area contributed by atoms with E-state index in [1.165, 1.54) is 0 Å². The van der Waals surface area contributed by atoms with E-state index in [-0.39, 0.29) is 0 Å². The highest BCUT2D eigenvalue weighted by Gasteiger charge is 2.10. The van der Waals surface area contributed by atoms with Crippen molar-refractivity contribution in [2.45, 2.75) is 20.3 Å². The molecular weight excluding hydrogens is 294 g/mol. The summed E-state index contributed by atoms with van der Waals surface area (Å²) in [6.07, 6.45) is 1.02. The Morgan fingerprint density at radius 3 is 2.89 bits per heavy atom. The third kappa shape index (κ3) is 2.64. The predicted molar refractivity (Wildman–Crippen MR) is 77.0 cm³/mol. The highest BCUT2D eigenvalue weighted by atomic mass is 79.9. The molecule has 18 heavy (non-hydrogen) atoms. The van der Waals surface area contributed by atoms with Crippen LogP contribution in [0, 0.1) is 6.92 Å². The summed E-state index contributed by atoms with van der Waals surface area (Å²) in [5.74, 6) is 0.954. The van der Waals surface area contributed by atoms with E-state index >= 15 is 0 Å². The molecule has 0 saturated carbocycles. The number of halogens is 1. The van der Waals surface area contributed by atoms with E-state index in [1.54, 1.807) is 4.68 Å². The first-order chi connectivity index (χ1) is 8.61. The van der Waals surface area contributed by atoms with E-state index in [4.69, 9.17) is 5.73 Å². The maximum atomic E-state index is 5.89. The fourth-order valence-corrected chi connectivity index (χ4v) is 2.15. The lowest BCUT2D eigenvalue weighted by Gasteiger charge is -2.06. The first-order valence-electron chi connectivity index (χ1n) is 5.84. The Morgan fingerprint density at radius 1 is 1.44 bits per heavy atom. The minimum Gasteiger partial charge on any atom is -0.368 e. The molecule has 0 fully saturated rings. The minimum atomic E-state index is 0.388. The van der Waals surface area contributed by atoms with Crippen molar-refractivity contribution in [1.82, 2.24) is 14.8 Å². The summed E-state index contributed by atoms with van der Waals surface area (Å²) < 4.78 is 2.69. The van der Waals surface area contributed by atoms with Crippen LogP contribution in [0.1, 0.15) is 18.9 Å². The third-order valence-electron chi connectivity index (χ3n) is 2.55. The van der Waals surface area contributed by atoms with Gasteiger partial charge in [-0.1, -0.05) is 22.9 Å². The summed E-state index contributed by atoms with van der Waals surface area (Å²) in [7, 11) is 0. The SMILES string of the molecule is CCCNc1nc(N)n(-c2ccc(Br)cc2C)n1. The van der Waals surface area contributed by atoms with E-state index in [1.807, 2.05) is 25.1 Å². The van der Waals surface area contributed by atoms with Gasteiger partial charge in [0.25, 0.3) is 0 Å². The predicted octanol–water partition coefficient (Wildman–Crippen LogP) is 2.74. The van der Waals surface area contributed by atoms with Crippen molar-refractivity contribution in [3.05, 3.63) is 28.2 Å². The molecule has 0 aliphatic carbocycles. The van der Waals surface area contributed by atoms with Crippen LogP contribution >= 0.6 is 15.9 Å². The molecule has 1 aromatic carbocycles. The van der Waals surface area contributed by atoms with Gasteiger partial charge in [0.1, 0.15) is 0 Å². The topological polar surface area (TPSA) is 68.8 Å². The van der Waals surface area contributed by atoms with Crippen molar-refractivity contribution in [1.29, 1.82) is 0 Å². The molecule has 0 unspecified atom stereocenters.